The van der Waals surface area contributed by atoms with Gasteiger partial charge in [0.15, 0.2) is 0 Å². The molecular formula is C15H22N2O2S. The van der Waals surface area contributed by atoms with Crippen LogP contribution in [0.1, 0.15) is 42.8 Å². The molecule has 1 N–H and O–H groups in total. The van der Waals surface area contributed by atoms with Gasteiger partial charge in [-0.3, -0.25) is 9.59 Å². The summed E-state index contributed by atoms with van der Waals surface area (Å²) in [6, 6.07) is 3.14. The van der Waals surface area contributed by atoms with Crippen molar-refractivity contribution in [1.82, 2.24) is 10.2 Å². The van der Waals surface area contributed by atoms with Crippen LogP contribution in [-0.2, 0) is 4.79 Å². The minimum Gasteiger partial charge on any atom is -0.341 e. The highest BCUT2D eigenvalue weighted by Gasteiger charge is 2.29. The van der Waals surface area contributed by atoms with Gasteiger partial charge in [0.05, 0.1) is 4.88 Å². The Balaban J connectivity index is 1.90. The van der Waals surface area contributed by atoms with Crippen LogP contribution >= 0.6 is 11.3 Å². The zero-order chi connectivity index (χ0) is 14.5. The van der Waals surface area contributed by atoms with Crippen LogP contribution in [0.2, 0.25) is 0 Å². The van der Waals surface area contributed by atoms with Gasteiger partial charge in [0.25, 0.3) is 5.91 Å². The fourth-order valence-corrected chi connectivity index (χ4v) is 2.81. The van der Waals surface area contributed by atoms with E-state index in [1.165, 1.54) is 24.2 Å². The van der Waals surface area contributed by atoms with E-state index in [0.717, 1.165) is 19.5 Å². The van der Waals surface area contributed by atoms with Crippen LogP contribution in [0, 0.1) is 5.92 Å². The van der Waals surface area contributed by atoms with Gasteiger partial charge in [-0.1, -0.05) is 13.0 Å². The molecule has 4 nitrogen and oxygen atoms in total. The van der Waals surface area contributed by atoms with Crippen LogP contribution in [0.3, 0.4) is 0 Å². The lowest BCUT2D eigenvalue weighted by atomic mass is 10.2. The third kappa shape index (κ3) is 4.07. The van der Waals surface area contributed by atoms with Crippen molar-refractivity contribution in [3.05, 3.63) is 22.4 Å². The molecule has 1 aromatic heterocycles. The quantitative estimate of drug-likeness (QED) is 0.840. The molecule has 0 bridgehead atoms. The van der Waals surface area contributed by atoms with Gasteiger partial charge in [-0.2, -0.15) is 0 Å². The zero-order valence-corrected chi connectivity index (χ0v) is 12.9. The van der Waals surface area contributed by atoms with E-state index >= 15 is 0 Å². The monoisotopic (exact) mass is 294 g/mol. The van der Waals surface area contributed by atoms with Crippen LogP contribution in [0.25, 0.3) is 0 Å². The molecule has 1 aliphatic carbocycles. The number of carbonyl (C=O) groups excluding carboxylic acids is 2. The predicted octanol–water partition coefficient (Wildman–Crippen LogP) is 2.52. The summed E-state index contributed by atoms with van der Waals surface area (Å²) in [5.41, 5.74) is 0. The molecule has 2 rings (SSSR count). The second kappa shape index (κ2) is 6.88. The Bertz CT molecular complexity index is 454. The summed E-state index contributed by atoms with van der Waals surface area (Å²) in [5, 5.41) is 4.65. The van der Waals surface area contributed by atoms with Gasteiger partial charge in [-0.25, -0.2) is 0 Å². The Kier molecular flexibility index (Phi) is 5.17. The van der Waals surface area contributed by atoms with Crippen molar-refractivity contribution in [2.24, 2.45) is 5.92 Å². The summed E-state index contributed by atoms with van der Waals surface area (Å²) in [7, 11) is 0. The van der Waals surface area contributed by atoms with Gasteiger partial charge in [-0.05, 0) is 43.6 Å². The third-order valence-electron chi connectivity index (χ3n) is 3.44. The van der Waals surface area contributed by atoms with Crippen LogP contribution in [0.4, 0.5) is 0 Å². The second-order valence-electron chi connectivity index (χ2n) is 5.40. The Morgan fingerprint density at radius 1 is 1.50 bits per heavy atom. The highest BCUT2D eigenvalue weighted by atomic mass is 32.1. The molecule has 0 spiro atoms. The second-order valence-corrected chi connectivity index (χ2v) is 6.35. The minimum absolute atomic E-state index is 0.0312. The fraction of sp³-hybridized carbons (Fsp3) is 0.600. The largest absolute Gasteiger partial charge is 0.341 e. The molecular weight excluding hydrogens is 272 g/mol. The summed E-state index contributed by atoms with van der Waals surface area (Å²) in [6.45, 7) is 5.45. The average molecular weight is 294 g/mol. The lowest BCUT2D eigenvalue weighted by Gasteiger charge is -2.25. The van der Waals surface area contributed by atoms with Gasteiger partial charge in [0.2, 0.25) is 5.91 Å². The van der Waals surface area contributed by atoms with E-state index in [2.05, 4.69) is 12.2 Å². The standard InChI is InChI=1S/C15H22N2O2S/c1-3-8-17(10-12-6-7-12)15(19)11(2)16-14(18)13-5-4-9-20-13/h4-5,9,11-12H,3,6-8,10H2,1-2H3,(H,16,18). The molecule has 1 heterocycles. The molecule has 0 radical (unpaired) electrons. The molecule has 20 heavy (non-hydrogen) atoms. The van der Waals surface area contributed by atoms with E-state index < -0.39 is 6.04 Å². The summed E-state index contributed by atoms with van der Waals surface area (Å²) < 4.78 is 0. The van der Waals surface area contributed by atoms with Crippen LogP contribution in [0.15, 0.2) is 17.5 Å². The van der Waals surface area contributed by atoms with Crippen LogP contribution in [0.5, 0.6) is 0 Å². The smallest absolute Gasteiger partial charge is 0.261 e. The number of amides is 2. The number of thiophene rings is 1. The molecule has 0 aliphatic heterocycles. The summed E-state index contributed by atoms with van der Waals surface area (Å²) in [5.74, 6) is 0.540. The molecule has 2 amide bonds. The Morgan fingerprint density at radius 2 is 2.25 bits per heavy atom. The topological polar surface area (TPSA) is 49.4 Å². The van der Waals surface area contributed by atoms with E-state index in [9.17, 15) is 9.59 Å². The first-order valence-corrected chi connectivity index (χ1v) is 8.13. The molecule has 1 fully saturated rings. The number of nitrogens with one attached hydrogen (secondary N) is 1. The van der Waals surface area contributed by atoms with Crippen molar-refractivity contribution in [2.45, 2.75) is 39.2 Å². The number of nitrogens with zero attached hydrogens (tertiary/aromatic N) is 1. The van der Waals surface area contributed by atoms with E-state index in [1.807, 2.05) is 16.3 Å². The highest BCUT2D eigenvalue weighted by Crippen LogP contribution is 2.29. The fourth-order valence-electron chi connectivity index (χ4n) is 2.18. The Labute approximate surface area is 124 Å². The Hall–Kier alpha value is -1.36. The van der Waals surface area contributed by atoms with Crippen molar-refractivity contribution >= 4 is 23.2 Å². The van der Waals surface area contributed by atoms with Gasteiger partial charge in [0, 0.05) is 13.1 Å². The average Bonchev–Trinajstić information content (AvgIpc) is 3.07. The minimum atomic E-state index is -0.463. The predicted molar refractivity (Wildman–Crippen MR) is 80.8 cm³/mol. The lowest BCUT2D eigenvalue weighted by Crippen LogP contribution is -2.47. The maximum absolute atomic E-state index is 12.4. The van der Waals surface area contributed by atoms with E-state index in [0.29, 0.717) is 10.8 Å². The first-order chi connectivity index (χ1) is 9.61. The maximum atomic E-state index is 12.4. The summed E-state index contributed by atoms with van der Waals surface area (Å²) in [6.07, 6.45) is 3.40. The third-order valence-corrected chi connectivity index (χ3v) is 4.31. The van der Waals surface area contributed by atoms with Crippen molar-refractivity contribution in [3.8, 4) is 0 Å². The highest BCUT2D eigenvalue weighted by molar-refractivity contribution is 7.12. The zero-order valence-electron chi connectivity index (χ0n) is 12.1. The normalized spacial score (nSPS) is 15.7. The van der Waals surface area contributed by atoms with Crippen LogP contribution < -0.4 is 5.32 Å². The molecule has 1 aromatic rings. The number of rotatable bonds is 7. The summed E-state index contributed by atoms with van der Waals surface area (Å²) >= 11 is 1.39. The van der Waals surface area contributed by atoms with E-state index in [1.54, 1.807) is 13.0 Å². The van der Waals surface area contributed by atoms with Crippen LogP contribution in [-0.4, -0.2) is 35.8 Å². The van der Waals surface area contributed by atoms with Crippen molar-refractivity contribution in [2.75, 3.05) is 13.1 Å². The first-order valence-electron chi connectivity index (χ1n) is 7.25. The van der Waals surface area contributed by atoms with Crippen molar-refractivity contribution in [1.29, 1.82) is 0 Å². The van der Waals surface area contributed by atoms with Crippen molar-refractivity contribution in [3.63, 3.8) is 0 Å². The molecule has 1 saturated carbocycles. The van der Waals surface area contributed by atoms with E-state index in [4.69, 9.17) is 0 Å². The number of hydrogen-bond donors (Lipinski definition) is 1. The SMILES string of the molecule is CCCN(CC1CC1)C(=O)C(C)NC(=O)c1cccs1. The van der Waals surface area contributed by atoms with Gasteiger partial charge >= 0.3 is 0 Å². The van der Waals surface area contributed by atoms with Gasteiger partial charge in [-0.15, -0.1) is 11.3 Å². The van der Waals surface area contributed by atoms with Gasteiger partial charge < -0.3 is 10.2 Å². The summed E-state index contributed by atoms with van der Waals surface area (Å²) in [4.78, 5) is 26.9. The molecule has 0 aromatic carbocycles. The molecule has 1 aliphatic rings. The maximum Gasteiger partial charge on any atom is 0.261 e. The van der Waals surface area contributed by atoms with Gasteiger partial charge in [0.1, 0.15) is 6.04 Å². The molecule has 5 heteroatoms. The number of carbonyl (C=O) groups is 2. The van der Waals surface area contributed by atoms with E-state index in [-0.39, 0.29) is 11.8 Å². The molecule has 110 valence electrons. The Morgan fingerprint density at radius 3 is 2.80 bits per heavy atom. The first kappa shape index (κ1) is 15.0. The number of hydrogen-bond acceptors (Lipinski definition) is 3. The van der Waals surface area contributed by atoms with Crippen molar-refractivity contribution < 1.29 is 9.59 Å². The lowest BCUT2D eigenvalue weighted by molar-refractivity contribution is -0.133. The molecule has 0 saturated heterocycles. The molecule has 1 atom stereocenters. The molecule has 1 unspecified atom stereocenters.